The number of fused-ring (bicyclic) bond motifs is 2. The summed E-state index contributed by atoms with van der Waals surface area (Å²) in [6, 6.07) is 21.0. The average molecular weight is 480 g/mol. The number of hydrogen-bond donors (Lipinski definition) is 0. The summed E-state index contributed by atoms with van der Waals surface area (Å²) in [6.45, 7) is 2.34. The molecule has 0 saturated carbocycles. The minimum Gasteiger partial charge on any atom is -0.236 e. The van der Waals surface area contributed by atoms with E-state index in [0.717, 1.165) is 10.8 Å². The fourth-order valence-corrected chi connectivity index (χ4v) is 6.11. The summed E-state index contributed by atoms with van der Waals surface area (Å²) in [5.41, 5.74) is 0.984. The van der Waals surface area contributed by atoms with E-state index >= 15 is 0 Å². The van der Waals surface area contributed by atoms with E-state index in [1.165, 1.54) is 0 Å². The van der Waals surface area contributed by atoms with Gasteiger partial charge in [0.1, 0.15) is 9.79 Å². The van der Waals surface area contributed by atoms with E-state index in [1.54, 1.807) is 74.5 Å². The molecule has 4 rings (SSSR count). The SMILES string of the molecule is Cc1ccc2ccccc2c1S(=O)(=O)OCOS(=O)(=O)c1c(C)ccc2ccccc12.[Na]. The zero-order valence-electron chi connectivity index (χ0n) is 17.9. The van der Waals surface area contributed by atoms with Crippen molar-refractivity contribution < 1.29 is 25.2 Å². The molecule has 0 amide bonds. The van der Waals surface area contributed by atoms with E-state index in [2.05, 4.69) is 0 Å². The Hall–Kier alpha value is -1.78. The molecule has 0 bridgehead atoms. The zero-order chi connectivity index (χ0) is 22.2. The van der Waals surface area contributed by atoms with Gasteiger partial charge < -0.3 is 0 Å². The van der Waals surface area contributed by atoms with Crippen LogP contribution in [0.1, 0.15) is 11.1 Å². The Kier molecular flexibility index (Phi) is 7.46. The Morgan fingerprint density at radius 1 is 0.594 bits per heavy atom. The van der Waals surface area contributed by atoms with E-state index in [0.29, 0.717) is 21.9 Å². The van der Waals surface area contributed by atoms with E-state index < -0.39 is 27.0 Å². The summed E-state index contributed by atoms with van der Waals surface area (Å²) < 4.78 is 61.5. The zero-order valence-corrected chi connectivity index (χ0v) is 21.5. The second-order valence-corrected chi connectivity index (χ2v) is 10.2. The van der Waals surface area contributed by atoms with Crippen LogP contribution in [0, 0.1) is 13.8 Å². The van der Waals surface area contributed by atoms with Crippen LogP contribution >= 0.6 is 0 Å². The molecule has 4 aromatic carbocycles. The number of hydrogen-bond acceptors (Lipinski definition) is 6. The van der Waals surface area contributed by atoms with Crippen LogP contribution in [0.5, 0.6) is 0 Å². The maximum atomic E-state index is 12.9. The van der Waals surface area contributed by atoms with Crippen LogP contribution in [0.4, 0.5) is 0 Å². The maximum absolute atomic E-state index is 12.9. The van der Waals surface area contributed by atoms with Gasteiger partial charge in [-0.25, -0.2) is 8.37 Å². The second-order valence-electron chi connectivity index (χ2n) is 7.13. The van der Waals surface area contributed by atoms with E-state index in [9.17, 15) is 16.8 Å². The Morgan fingerprint density at radius 3 is 1.38 bits per heavy atom. The molecule has 0 aliphatic carbocycles. The molecule has 0 spiro atoms. The Morgan fingerprint density at radius 2 is 0.969 bits per heavy atom. The average Bonchev–Trinajstić information content (AvgIpc) is 2.72. The third-order valence-corrected chi connectivity index (χ3v) is 7.96. The van der Waals surface area contributed by atoms with Gasteiger partial charge in [-0.15, -0.1) is 0 Å². The normalized spacial score (nSPS) is 12.1. The smallest absolute Gasteiger partial charge is 0.236 e. The molecule has 161 valence electrons. The van der Waals surface area contributed by atoms with Gasteiger partial charge in [0.05, 0.1) is 0 Å². The minimum atomic E-state index is -4.26. The van der Waals surface area contributed by atoms with Gasteiger partial charge in [-0.1, -0.05) is 72.8 Å². The van der Waals surface area contributed by atoms with Crippen LogP contribution in [0.25, 0.3) is 21.5 Å². The van der Waals surface area contributed by atoms with Crippen molar-refractivity contribution in [1.29, 1.82) is 0 Å². The van der Waals surface area contributed by atoms with Gasteiger partial charge in [0.15, 0.2) is 6.79 Å². The summed E-state index contributed by atoms with van der Waals surface area (Å²) in [4.78, 5) is -0.0131. The summed E-state index contributed by atoms with van der Waals surface area (Å²) in [5.74, 6) is 0. The Balaban J connectivity index is 0.00000289. The molecule has 6 nitrogen and oxygen atoms in total. The molecule has 0 atom stereocenters. The van der Waals surface area contributed by atoms with E-state index in [-0.39, 0.29) is 39.3 Å². The number of rotatable bonds is 6. The third-order valence-electron chi connectivity index (χ3n) is 5.06. The third kappa shape index (κ3) is 4.77. The molecule has 0 unspecified atom stereocenters. The molecule has 1 radical (unpaired) electrons. The summed E-state index contributed by atoms with van der Waals surface area (Å²) in [7, 11) is -8.53. The topological polar surface area (TPSA) is 86.7 Å². The summed E-state index contributed by atoms with van der Waals surface area (Å²) >= 11 is 0. The van der Waals surface area contributed by atoms with Gasteiger partial charge in [-0.3, -0.25) is 0 Å². The van der Waals surface area contributed by atoms with E-state index in [4.69, 9.17) is 8.37 Å². The van der Waals surface area contributed by atoms with Crippen molar-refractivity contribution in [3.63, 3.8) is 0 Å². The Bertz CT molecular complexity index is 1400. The molecule has 0 aromatic heterocycles. The van der Waals surface area contributed by atoms with Crippen LogP contribution in [-0.2, 0) is 28.6 Å². The van der Waals surface area contributed by atoms with Crippen molar-refractivity contribution in [3.05, 3.63) is 83.9 Å². The molecule has 9 heteroatoms. The van der Waals surface area contributed by atoms with Crippen molar-refractivity contribution in [2.75, 3.05) is 6.79 Å². The van der Waals surface area contributed by atoms with Crippen molar-refractivity contribution in [2.45, 2.75) is 23.6 Å². The van der Waals surface area contributed by atoms with Crippen molar-refractivity contribution in [2.24, 2.45) is 0 Å². The van der Waals surface area contributed by atoms with Gasteiger partial charge in [-0.2, -0.15) is 16.8 Å². The van der Waals surface area contributed by atoms with Crippen LogP contribution in [0.15, 0.2) is 82.6 Å². The standard InChI is InChI=1S/C23H20O6S2.Na/c1-16-11-13-18-7-3-5-9-20(18)22(16)30(24,25)28-15-29-31(26,27)23-17(2)12-14-19-8-4-6-10-21(19)23;/h3-14H,15H2,1-2H3;. The molecule has 4 aromatic rings. The number of aryl methyl sites for hydroxylation is 2. The van der Waals surface area contributed by atoms with Crippen LogP contribution in [0.3, 0.4) is 0 Å². The molecule has 0 saturated heterocycles. The largest absolute Gasteiger partial charge is 0.300 e. The fraction of sp³-hybridized carbons (Fsp3) is 0.130. The van der Waals surface area contributed by atoms with Crippen LogP contribution in [0.2, 0.25) is 0 Å². The van der Waals surface area contributed by atoms with Gasteiger partial charge in [0.2, 0.25) is 0 Å². The first-order valence-electron chi connectivity index (χ1n) is 9.46. The molecule has 0 heterocycles. The van der Waals surface area contributed by atoms with Gasteiger partial charge in [0.25, 0.3) is 20.2 Å². The quantitative estimate of drug-likeness (QED) is 0.233. The Labute approximate surface area is 209 Å². The van der Waals surface area contributed by atoms with Crippen LogP contribution in [-0.4, -0.2) is 53.2 Å². The predicted octanol–water partition coefficient (Wildman–Crippen LogP) is 4.30. The molecule has 0 aliphatic heterocycles. The summed E-state index contributed by atoms with van der Waals surface area (Å²) in [5, 5.41) is 2.45. The molecular formula is C23H20NaO6S2. The first-order chi connectivity index (χ1) is 14.7. The van der Waals surface area contributed by atoms with Gasteiger partial charge in [0, 0.05) is 40.3 Å². The monoisotopic (exact) mass is 479 g/mol. The van der Waals surface area contributed by atoms with Crippen LogP contribution < -0.4 is 0 Å². The summed E-state index contributed by atoms with van der Waals surface area (Å²) in [6.07, 6.45) is 0. The number of benzene rings is 4. The second kappa shape index (κ2) is 9.61. The first kappa shape index (κ1) is 24.9. The van der Waals surface area contributed by atoms with Gasteiger partial charge in [-0.05, 0) is 35.7 Å². The molecule has 0 N–H and O–H groups in total. The van der Waals surface area contributed by atoms with E-state index in [1.807, 2.05) is 12.1 Å². The first-order valence-corrected chi connectivity index (χ1v) is 12.3. The molecular weight excluding hydrogens is 459 g/mol. The van der Waals surface area contributed by atoms with Crippen molar-refractivity contribution in [3.8, 4) is 0 Å². The molecule has 32 heavy (non-hydrogen) atoms. The minimum absolute atomic E-state index is 0. The molecule has 0 fully saturated rings. The maximum Gasteiger partial charge on any atom is 0.300 e. The fourth-order valence-electron chi connectivity index (χ4n) is 3.63. The predicted molar refractivity (Wildman–Crippen MR) is 125 cm³/mol. The van der Waals surface area contributed by atoms with Crippen molar-refractivity contribution in [1.82, 2.24) is 0 Å². The van der Waals surface area contributed by atoms with Crippen molar-refractivity contribution >= 4 is 71.3 Å². The van der Waals surface area contributed by atoms with Gasteiger partial charge >= 0.3 is 0 Å². The molecule has 0 aliphatic rings.